The van der Waals surface area contributed by atoms with E-state index in [0.29, 0.717) is 18.2 Å². The van der Waals surface area contributed by atoms with E-state index in [0.717, 1.165) is 12.0 Å². The Hall–Kier alpha value is -2.34. The number of amides is 1. The zero-order valence-corrected chi connectivity index (χ0v) is 14.2. The highest BCUT2D eigenvalue weighted by molar-refractivity contribution is 7.92. The topological polar surface area (TPSA) is 75.3 Å². The summed E-state index contributed by atoms with van der Waals surface area (Å²) >= 11 is 0. The van der Waals surface area contributed by atoms with E-state index in [-0.39, 0.29) is 16.7 Å². The number of hydrogen-bond acceptors (Lipinski definition) is 3. The van der Waals surface area contributed by atoms with Gasteiger partial charge in [0.2, 0.25) is 5.91 Å². The fourth-order valence-corrected chi connectivity index (χ4v) is 3.70. The van der Waals surface area contributed by atoms with Crippen molar-refractivity contribution in [1.29, 1.82) is 0 Å². The summed E-state index contributed by atoms with van der Waals surface area (Å²) in [7, 11) is -3.65. The summed E-state index contributed by atoms with van der Waals surface area (Å²) in [4.78, 5) is 12.2. The van der Waals surface area contributed by atoms with Crippen LogP contribution in [0, 0.1) is 11.8 Å². The first-order chi connectivity index (χ1) is 11.5. The lowest BCUT2D eigenvalue weighted by atomic mass is 10.2. The molecule has 0 saturated heterocycles. The second-order valence-corrected chi connectivity index (χ2v) is 7.80. The van der Waals surface area contributed by atoms with Gasteiger partial charge in [0, 0.05) is 12.5 Å². The molecule has 2 N–H and O–H groups in total. The second kappa shape index (κ2) is 6.65. The summed E-state index contributed by atoms with van der Waals surface area (Å²) in [5.74, 6) is 0.568. The number of anilines is 1. The molecule has 126 valence electrons. The number of carbonyl (C=O) groups excluding carboxylic acids is 1. The molecule has 0 aliphatic heterocycles. The van der Waals surface area contributed by atoms with Crippen LogP contribution in [0.1, 0.15) is 18.9 Å². The number of para-hydroxylation sites is 1. The SMILES string of the molecule is C[C@@H]1C[C@H]1C(=O)NCc1ccccc1NS(=O)(=O)c1ccccc1. The summed E-state index contributed by atoms with van der Waals surface area (Å²) in [5.41, 5.74) is 1.21. The van der Waals surface area contributed by atoms with Gasteiger partial charge in [-0.15, -0.1) is 0 Å². The maximum absolute atomic E-state index is 12.5. The van der Waals surface area contributed by atoms with E-state index in [2.05, 4.69) is 10.0 Å². The summed E-state index contributed by atoms with van der Waals surface area (Å²) in [6.07, 6.45) is 0.925. The molecule has 2 aromatic rings. The third-order valence-corrected chi connectivity index (χ3v) is 5.60. The van der Waals surface area contributed by atoms with Crippen LogP contribution < -0.4 is 10.0 Å². The average Bonchev–Trinajstić information content (AvgIpc) is 3.31. The minimum Gasteiger partial charge on any atom is -0.352 e. The molecule has 2 aromatic carbocycles. The third-order valence-electron chi connectivity index (χ3n) is 4.21. The van der Waals surface area contributed by atoms with Gasteiger partial charge >= 0.3 is 0 Å². The van der Waals surface area contributed by atoms with Crippen molar-refractivity contribution in [2.45, 2.75) is 24.8 Å². The first kappa shape index (κ1) is 16.5. The molecular formula is C18H20N2O3S. The molecule has 24 heavy (non-hydrogen) atoms. The lowest BCUT2D eigenvalue weighted by Crippen LogP contribution is -2.25. The normalized spacial score (nSPS) is 19.5. The number of carbonyl (C=O) groups is 1. The van der Waals surface area contributed by atoms with Crippen LogP contribution >= 0.6 is 0 Å². The Kier molecular flexibility index (Phi) is 4.57. The number of hydrogen-bond donors (Lipinski definition) is 2. The molecule has 0 radical (unpaired) electrons. The molecule has 1 aliphatic carbocycles. The first-order valence-electron chi connectivity index (χ1n) is 7.91. The van der Waals surface area contributed by atoms with Crippen LogP contribution in [0.4, 0.5) is 5.69 Å². The van der Waals surface area contributed by atoms with E-state index >= 15 is 0 Å². The molecule has 1 saturated carbocycles. The monoisotopic (exact) mass is 344 g/mol. The zero-order chi connectivity index (χ0) is 17.2. The summed E-state index contributed by atoms with van der Waals surface area (Å²) in [6, 6.07) is 15.3. The van der Waals surface area contributed by atoms with Gasteiger partial charge in [-0.1, -0.05) is 43.3 Å². The van der Waals surface area contributed by atoms with E-state index in [9.17, 15) is 13.2 Å². The summed E-state index contributed by atoms with van der Waals surface area (Å²) in [5, 5.41) is 2.88. The highest BCUT2D eigenvalue weighted by Gasteiger charge is 2.38. The molecule has 0 bridgehead atoms. The number of rotatable bonds is 6. The van der Waals surface area contributed by atoms with E-state index < -0.39 is 10.0 Å². The van der Waals surface area contributed by atoms with Gasteiger partial charge in [-0.05, 0) is 36.1 Å². The van der Waals surface area contributed by atoms with Crippen LogP contribution in [-0.2, 0) is 21.4 Å². The lowest BCUT2D eigenvalue weighted by molar-refractivity contribution is -0.122. The molecule has 1 fully saturated rings. The molecule has 0 aromatic heterocycles. The Labute approximate surface area is 142 Å². The Bertz CT molecular complexity index is 834. The average molecular weight is 344 g/mol. The fourth-order valence-electron chi connectivity index (χ4n) is 2.58. The van der Waals surface area contributed by atoms with Crippen molar-refractivity contribution in [1.82, 2.24) is 5.32 Å². The molecule has 6 heteroatoms. The van der Waals surface area contributed by atoms with Gasteiger partial charge in [0.1, 0.15) is 0 Å². The van der Waals surface area contributed by atoms with Gasteiger partial charge in [-0.2, -0.15) is 0 Å². The van der Waals surface area contributed by atoms with Crippen molar-refractivity contribution in [2.24, 2.45) is 11.8 Å². The van der Waals surface area contributed by atoms with Crippen LogP contribution in [-0.4, -0.2) is 14.3 Å². The predicted molar refractivity (Wildman–Crippen MR) is 92.8 cm³/mol. The van der Waals surface area contributed by atoms with Crippen molar-refractivity contribution in [2.75, 3.05) is 4.72 Å². The molecule has 1 aliphatic rings. The molecular weight excluding hydrogens is 324 g/mol. The van der Waals surface area contributed by atoms with Gasteiger partial charge in [-0.3, -0.25) is 9.52 Å². The van der Waals surface area contributed by atoms with Gasteiger partial charge in [0.05, 0.1) is 10.6 Å². The van der Waals surface area contributed by atoms with Crippen molar-refractivity contribution >= 4 is 21.6 Å². The molecule has 0 heterocycles. The number of sulfonamides is 1. The lowest BCUT2D eigenvalue weighted by Gasteiger charge is -2.13. The maximum Gasteiger partial charge on any atom is 0.261 e. The minimum atomic E-state index is -3.65. The van der Waals surface area contributed by atoms with Crippen molar-refractivity contribution in [3.63, 3.8) is 0 Å². The summed E-state index contributed by atoms with van der Waals surface area (Å²) < 4.78 is 27.5. The first-order valence-corrected chi connectivity index (χ1v) is 9.39. The van der Waals surface area contributed by atoms with E-state index in [4.69, 9.17) is 0 Å². The fraction of sp³-hybridized carbons (Fsp3) is 0.278. The third kappa shape index (κ3) is 3.76. The van der Waals surface area contributed by atoms with Crippen LogP contribution in [0.2, 0.25) is 0 Å². The zero-order valence-electron chi connectivity index (χ0n) is 13.4. The predicted octanol–water partition coefficient (Wildman–Crippen LogP) is 2.76. The van der Waals surface area contributed by atoms with Crippen molar-refractivity contribution < 1.29 is 13.2 Å². The number of benzene rings is 2. The Morgan fingerprint density at radius 3 is 2.38 bits per heavy atom. The van der Waals surface area contributed by atoms with Crippen LogP contribution in [0.25, 0.3) is 0 Å². The van der Waals surface area contributed by atoms with Crippen LogP contribution in [0.15, 0.2) is 59.5 Å². The van der Waals surface area contributed by atoms with Gasteiger partial charge < -0.3 is 5.32 Å². The van der Waals surface area contributed by atoms with Crippen LogP contribution in [0.5, 0.6) is 0 Å². The highest BCUT2D eigenvalue weighted by atomic mass is 32.2. The van der Waals surface area contributed by atoms with Crippen LogP contribution in [0.3, 0.4) is 0 Å². The molecule has 0 unspecified atom stereocenters. The molecule has 3 rings (SSSR count). The minimum absolute atomic E-state index is 0.0308. The summed E-state index contributed by atoms with van der Waals surface area (Å²) in [6.45, 7) is 2.35. The van der Waals surface area contributed by atoms with E-state index in [1.54, 1.807) is 48.5 Å². The Balaban J connectivity index is 1.73. The Morgan fingerprint density at radius 1 is 1.08 bits per heavy atom. The molecule has 5 nitrogen and oxygen atoms in total. The van der Waals surface area contributed by atoms with E-state index in [1.165, 1.54) is 0 Å². The second-order valence-electron chi connectivity index (χ2n) is 6.11. The van der Waals surface area contributed by atoms with Gasteiger partial charge in [0.15, 0.2) is 0 Å². The molecule has 2 atom stereocenters. The number of nitrogens with one attached hydrogen (secondary N) is 2. The van der Waals surface area contributed by atoms with E-state index in [1.807, 2.05) is 13.0 Å². The Morgan fingerprint density at radius 2 is 1.71 bits per heavy atom. The largest absolute Gasteiger partial charge is 0.352 e. The van der Waals surface area contributed by atoms with Crippen molar-refractivity contribution in [3.8, 4) is 0 Å². The molecule has 1 amide bonds. The van der Waals surface area contributed by atoms with Crippen molar-refractivity contribution in [3.05, 3.63) is 60.2 Å². The smallest absolute Gasteiger partial charge is 0.261 e. The molecule has 0 spiro atoms. The van der Waals surface area contributed by atoms with Gasteiger partial charge in [0.25, 0.3) is 10.0 Å². The standard InChI is InChI=1S/C18H20N2O3S/c1-13-11-16(13)18(21)19-12-14-7-5-6-10-17(14)20-24(22,23)15-8-3-2-4-9-15/h2-10,13,16,20H,11-12H2,1H3,(H,19,21)/t13-,16-/m1/s1. The maximum atomic E-state index is 12.5. The van der Waals surface area contributed by atoms with Gasteiger partial charge in [-0.25, -0.2) is 8.42 Å². The highest BCUT2D eigenvalue weighted by Crippen LogP contribution is 2.37. The quantitative estimate of drug-likeness (QED) is 0.846.